The number of rotatable bonds is 4. The van der Waals surface area contributed by atoms with E-state index in [0.29, 0.717) is 5.92 Å². The van der Waals surface area contributed by atoms with Crippen molar-refractivity contribution in [1.29, 1.82) is 0 Å². The molecule has 2 fully saturated rings. The van der Waals surface area contributed by atoms with Crippen LogP contribution >= 0.6 is 0 Å². The van der Waals surface area contributed by atoms with Gasteiger partial charge in [0.15, 0.2) is 0 Å². The maximum Gasteiger partial charge on any atom is 0.318 e. The van der Waals surface area contributed by atoms with Crippen molar-refractivity contribution in [2.24, 2.45) is 5.92 Å². The van der Waals surface area contributed by atoms with Gasteiger partial charge in [-0.15, -0.1) is 0 Å². The minimum atomic E-state index is 0.00957. The number of carbonyl (C=O) groups excluding carboxylic acids is 1. The summed E-state index contributed by atoms with van der Waals surface area (Å²) >= 11 is 0. The van der Waals surface area contributed by atoms with Crippen molar-refractivity contribution in [1.82, 2.24) is 15.1 Å². The number of benzene rings is 1. The molecular formula is C20H31N3O. The van der Waals surface area contributed by atoms with E-state index in [9.17, 15) is 4.79 Å². The van der Waals surface area contributed by atoms with Crippen molar-refractivity contribution >= 4 is 6.03 Å². The minimum Gasteiger partial charge on any atom is -0.336 e. The van der Waals surface area contributed by atoms with E-state index in [1.807, 2.05) is 0 Å². The molecule has 1 aliphatic carbocycles. The summed E-state index contributed by atoms with van der Waals surface area (Å²) in [6, 6.07) is 11.0. The predicted molar refractivity (Wildman–Crippen MR) is 97.9 cm³/mol. The van der Waals surface area contributed by atoms with Crippen molar-refractivity contribution in [2.45, 2.75) is 50.6 Å². The number of nitrogens with zero attached hydrogens (tertiary/aromatic N) is 2. The third kappa shape index (κ3) is 2.81. The average molecular weight is 329 g/mol. The maximum atomic E-state index is 12.4. The van der Waals surface area contributed by atoms with Crippen LogP contribution in [0.1, 0.15) is 45.1 Å². The van der Waals surface area contributed by atoms with Gasteiger partial charge in [-0.25, -0.2) is 4.79 Å². The number of hydrogen-bond donors (Lipinski definition) is 1. The third-order valence-electron chi connectivity index (χ3n) is 6.11. The number of nitrogens with one attached hydrogen (secondary N) is 1. The lowest BCUT2D eigenvalue weighted by Gasteiger charge is -2.51. The van der Waals surface area contributed by atoms with Gasteiger partial charge in [0, 0.05) is 18.6 Å². The zero-order valence-electron chi connectivity index (χ0n) is 15.5. The smallest absolute Gasteiger partial charge is 0.318 e. The Morgan fingerprint density at radius 1 is 1.12 bits per heavy atom. The topological polar surface area (TPSA) is 35.6 Å². The first-order chi connectivity index (χ1) is 11.4. The summed E-state index contributed by atoms with van der Waals surface area (Å²) in [5.41, 5.74) is 1.50. The van der Waals surface area contributed by atoms with E-state index in [2.05, 4.69) is 73.4 Å². The molecule has 1 aromatic rings. The summed E-state index contributed by atoms with van der Waals surface area (Å²) < 4.78 is 0. The molecule has 0 bridgehead atoms. The van der Waals surface area contributed by atoms with E-state index in [1.54, 1.807) is 0 Å². The van der Waals surface area contributed by atoms with Crippen molar-refractivity contribution in [3.8, 4) is 0 Å². The molecule has 0 atom stereocenters. The summed E-state index contributed by atoms with van der Waals surface area (Å²) in [5, 5.41) is 3.11. The van der Waals surface area contributed by atoms with Gasteiger partial charge in [0.2, 0.25) is 0 Å². The van der Waals surface area contributed by atoms with Gasteiger partial charge in [0.25, 0.3) is 0 Å². The molecule has 0 unspecified atom stereocenters. The lowest BCUT2D eigenvalue weighted by atomic mass is 9.68. The Balaban J connectivity index is 1.84. The van der Waals surface area contributed by atoms with Crippen LogP contribution in [0.3, 0.4) is 0 Å². The number of hydrogen-bond acceptors (Lipinski definition) is 2. The lowest BCUT2D eigenvalue weighted by Crippen LogP contribution is -2.56. The highest BCUT2D eigenvalue weighted by Crippen LogP contribution is 2.47. The van der Waals surface area contributed by atoms with Crippen LogP contribution in [0, 0.1) is 5.92 Å². The van der Waals surface area contributed by atoms with Crippen LogP contribution in [0.5, 0.6) is 0 Å². The second kappa shape index (κ2) is 6.40. The molecule has 4 heteroatoms. The molecule has 1 saturated heterocycles. The largest absolute Gasteiger partial charge is 0.336 e. The SMILES string of the molecule is CC(C)CN1C(=O)NC[C@]12CC[C@@](c1ccccc1)(N(C)C)CC2. The molecule has 1 heterocycles. The summed E-state index contributed by atoms with van der Waals surface area (Å²) in [6.07, 6.45) is 4.30. The van der Waals surface area contributed by atoms with Crippen LogP contribution < -0.4 is 5.32 Å². The van der Waals surface area contributed by atoms with Crippen molar-refractivity contribution in [3.05, 3.63) is 35.9 Å². The van der Waals surface area contributed by atoms with E-state index < -0.39 is 0 Å². The Labute approximate surface area is 146 Å². The van der Waals surface area contributed by atoms with Crippen LogP contribution in [-0.4, -0.2) is 48.6 Å². The van der Waals surface area contributed by atoms with Crippen LogP contribution in [0.25, 0.3) is 0 Å². The highest BCUT2D eigenvalue weighted by atomic mass is 16.2. The first-order valence-electron chi connectivity index (χ1n) is 9.18. The van der Waals surface area contributed by atoms with E-state index in [-0.39, 0.29) is 17.1 Å². The lowest BCUT2D eigenvalue weighted by molar-refractivity contribution is 0.0228. The second-order valence-corrected chi connectivity index (χ2v) is 8.18. The molecule has 1 aromatic carbocycles. The van der Waals surface area contributed by atoms with Crippen molar-refractivity contribution < 1.29 is 4.79 Å². The van der Waals surface area contributed by atoms with Crippen LogP contribution in [0.15, 0.2) is 30.3 Å². The standard InChI is InChI=1S/C20H31N3O/c1-16(2)14-23-18(24)21-15-19(23)10-12-20(13-11-19,22(3)4)17-8-6-5-7-9-17/h5-9,16H,10-15H2,1-4H3,(H,21,24)/t19-,20-. The molecule has 1 saturated carbocycles. The molecule has 0 aromatic heterocycles. The molecule has 24 heavy (non-hydrogen) atoms. The highest BCUT2D eigenvalue weighted by molar-refractivity contribution is 5.78. The predicted octanol–water partition coefficient (Wildman–Crippen LogP) is 3.44. The summed E-state index contributed by atoms with van der Waals surface area (Å²) in [5.74, 6) is 0.500. The zero-order chi connectivity index (χ0) is 17.4. The van der Waals surface area contributed by atoms with Gasteiger partial charge in [0.1, 0.15) is 0 Å². The monoisotopic (exact) mass is 329 g/mol. The normalized spacial score (nSPS) is 30.4. The molecule has 3 rings (SSSR count). The maximum absolute atomic E-state index is 12.4. The van der Waals surface area contributed by atoms with Gasteiger partial charge in [-0.05, 0) is 51.3 Å². The summed E-state index contributed by atoms with van der Waals surface area (Å²) in [6.45, 7) is 6.04. The quantitative estimate of drug-likeness (QED) is 0.918. The molecule has 1 N–H and O–H groups in total. The Morgan fingerprint density at radius 2 is 1.75 bits per heavy atom. The van der Waals surface area contributed by atoms with Crippen LogP contribution in [0.2, 0.25) is 0 Å². The molecule has 1 aliphatic heterocycles. The van der Waals surface area contributed by atoms with Gasteiger partial charge in [-0.2, -0.15) is 0 Å². The Hall–Kier alpha value is -1.55. The second-order valence-electron chi connectivity index (χ2n) is 8.18. The van der Waals surface area contributed by atoms with Crippen molar-refractivity contribution in [2.75, 3.05) is 27.2 Å². The zero-order valence-corrected chi connectivity index (χ0v) is 15.5. The fourth-order valence-electron chi connectivity index (χ4n) is 4.61. The van der Waals surface area contributed by atoms with E-state index in [1.165, 1.54) is 5.56 Å². The average Bonchev–Trinajstić information content (AvgIpc) is 2.86. The Kier molecular flexibility index (Phi) is 4.60. The Bertz CT molecular complexity index is 574. The van der Waals surface area contributed by atoms with Crippen molar-refractivity contribution in [3.63, 3.8) is 0 Å². The summed E-state index contributed by atoms with van der Waals surface area (Å²) in [7, 11) is 4.38. The van der Waals surface area contributed by atoms with Gasteiger partial charge in [-0.1, -0.05) is 44.2 Å². The molecular weight excluding hydrogens is 298 g/mol. The molecule has 2 aliphatic rings. The fourth-order valence-corrected chi connectivity index (χ4v) is 4.61. The number of urea groups is 1. The first-order valence-corrected chi connectivity index (χ1v) is 9.18. The minimum absolute atomic E-state index is 0.00957. The van der Waals surface area contributed by atoms with Gasteiger partial charge in [0.05, 0.1) is 5.54 Å². The number of amides is 2. The van der Waals surface area contributed by atoms with Gasteiger partial charge in [-0.3, -0.25) is 4.90 Å². The van der Waals surface area contributed by atoms with E-state index in [4.69, 9.17) is 0 Å². The van der Waals surface area contributed by atoms with E-state index >= 15 is 0 Å². The molecule has 132 valence electrons. The fraction of sp³-hybridized carbons (Fsp3) is 0.650. The van der Waals surface area contributed by atoms with Crippen LogP contribution in [-0.2, 0) is 5.54 Å². The first kappa shape index (κ1) is 17.3. The summed E-state index contributed by atoms with van der Waals surface area (Å²) in [4.78, 5) is 16.9. The third-order valence-corrected chi connectivity index (χ3v) is 6.11. The number of carbonyl (C=O) groups is 1. The van der Waals surface area contributed by atoms with Gasteiger partial charge < -0.3 is 10.2 Å². The highest BCUT2D eigenvalue weighted by Gasteiger charge is 2.51. The molecule has 4 nitrogen and oxygen atoms in total. The Morgan fingerprint density at radius 3 is 2.29 bits per heavy atom. The molecule has 0 radical (unpaired) electrons. The van der Waals surface area contributed by atoms with Gasteiger partial charge >= 0.3 is 6.03 Å². The van der Waals surface area contributed by atoms with E-state index in [0.717, 1.165) is 38.8 Å². The molecule has 1 spiro atoms. The van der Waals surface area contributed by atoms with Crippen LogP contribution in [0.4, 0.5) is 4.79 Å². The molecule has 2 amide bonds.